The van der Waals surface area contributed by atoms with Crippen LogP contribution in [0.1, 0.15) is 37.6 Å². The molecule has 0 radical (unpaired) electrons. The van der Waals surface area contributed by atoms with Gasteiger partial charge in [0.2, 0.25) is 0 Å². The minimum absolute atomic E-state index is 0.0314. The quantitative estimate of drug-likeness (QED) is 0.930. The molecule has 4 nitrogen and oxygen atoms in total. The van der Waals surface area contributed by atoms with Crippen molar-refractivity contribution < 1.29 is 13.2 Å². The smallest absolute Gasteiger partial charge is 0.251 e. The van der Waals surface area contributed by atoms with Gasteiger partial charge in [-0.15, -0.1) is 0 Å². The van der Waals surface area contributed by atoms with Crippen LogP contribution in [-0.2, 0) is 9.84 Å². The SMILES string of the molecule is CCC(C)(C)NC(=O)c1ccc(Cl)c(S(C)(=O)=O)c1. The normalized spacial score (nSPS) is 12.3. The number of carbonyl (C=O) groups is 1. The van der Waals surface area contributed by atoms with Crippen molar-refractivity contribution in [3.8, 4) is 0 Å². The van der Waals surface area contributed by atoms with E-state index < -0.39 is 9.84 Å². The first-order valence-electron chi connectivity index (χ1n) is 5.89. The lowest BCUT2D eigenvalue weighted by molar-refractivity contribution is 0.0911. The maximum absolute atomic E-state index is 12.1. The number of benzene rings is 1. The van der Waals surface area contributed by atoms with Gasteiger partial charge in [-0.05, 0) is 38.5 Å². The lowest BCUT2D eigenvalue weighted by Gasteiger charge is -2.24. The molecular weight excluding hydrogens is 286 g/mol. The second-order valence-electron chi connectivity index (χ2n) is 5.11. The first-order chi connectivity index (χ1) is 8.57. The van der Waals surface area contributed by atoms with Crippen LogP contribution in [0.2, 0.25) is 5.02 Å². The molecule has 19 heavy (non-hydrogen) atoms. The summed E-state index contributed by atoms with van der Waals surface area (Å²) >= 11 is 5.84. The Labute approximate surface area is 119 Å². The molecule has 0 unspecified atom stereocenters. The van der Waals surface area contributed by atoms with Crippen LogP contribution in [-0.4, -0.2) is 26.1 Å². The molecule has 0 saturated heterocycles. The van der Waals surface area contributed by atoms with Gasteiger partial charge >= 0.3 is 0 Å². The van der Waals surface area contributed by atoms with Gasteiger partial charge in [0.25, 0.3) is 5.91 Å². The lowest BCUT2D eigenvalue weighted by atomic mass is 10.0. The van der Waals surface area contributed by atoms with Gasteiger partial charge in [0.05, 0.1) is 9.92 Å². The Morgan fingerprint density at radius 3 is 2.42 bits per heavy atom. The first kappa shape index (κ1) is 16.0. The molecule has 0 spiro atoms. The van der Waals surface area contributed by atoms with E-state index >= 15 is 0 Å². The highest BCUT2D eigenvalue weighted by atomic mass is 35.5. The molecule has 0 saturated carbocycles. The van der Waals surface area contributed by atoms with Crippen LogP contribution in [0.3, 0.4) is 0 Å². The molecule has 1 N–H and O–H groups in total. The van der Waals surface area contributed by atoms with E-state index in [0.717, 1.165) is 12.7 Å². The third-order valence-electron chi connectivity index (χ3n) is 2.93. The van der Waals surface area contributed by atoms with Crippen molar-refractivity contribution >= 4 is 27.3 Å². The second-order valence-corrected chi connectivity index (χ2v) is 7.50. The van der Waals surface area contributed by atoms with Gasteiger partial charge in [-0.25, -0.2) is 8.42 Å². The van der Waals surface area contributed by atoms with Gasteiger partial charge in [-0.2, -0.15) is 0 Å². The van der Waals surface area contributed by atoms with Crippen LogP contribution in [0.4, 0.5) is 0 Å². The van der Waals surface area contributed by atoms with Crippen molar-refractivity contribution in [2.75, 3.05) is 6.26 Å². The molecule has 0 aliphatic heterocycles. The van der Waals surface area contributed by atoms with E-state index in [1.54, 1.807) is 0 Å². The number of amides is 1. The molecule has 0 fully saturated rings. The lowest BCUT2D eigenvalue weighted by Crippen LogP contribution is -2.42. The third-order valence-corrected chi connectivity index (χ3v) is 4.51. The maximum Gasteiger partial charge on any atom is 0.251 e. The van der Waals surface area contributed by atoms with E-state index in [1.165, 1.54) is 18.2 Å². The zero-order valence-electron chi connectivity index (χ0n) is 11.5. The van der Waals surface area contributed by atoms with Gasteiger partial charge in [0.1, 0.15) is 0 Å². The Morgan fingerprint density at radius 1 is 1.37 bits per heavy atom. The molecule has 0 aliphatic carbocycles. The minimum Gasteiger partial charge on any atom is -0.347 e. The molecule has 0 bridgehead atoms. The fraction of sp³-hybridized carbons (Fsp3) is 0.462. The van der Waals surface area contributed by atoms with Crippen molar-refractivity contribution in [3.05, 3.63) is 28.8 Å². The van der Waals surface area contributed by atoms with Crippen LogP contribution < -0.4 is 5.32 Å². The number of hydrogen-bond acceptors (Lipinski definition) is 3. The number of carbonyl (C=O) groups excluding carboxylic acids is 1. The van der Waals surface area contributed by atoms with E-state index in [4.69, 9.17) is 11.6 Å². The summed E-state index contributed by atoms with van der Waals surface area (Å²) in [6.45, 7) is 5.76. The standard InChI is InChI=1S/C13H18ClNO3S/c1-5-13(2,3)15-12(16)9-6-7-10(14)11(8-9)19(4,17)18/h6-8H,5H2,1-4H3,(H,15,16). The van der Waals surface area contributed by atoms with Crippen LogP contribution in [0.25, 0.3) is 0 Å². The Kier molecular flexibility index (Phi) is 4.63. The number of halogens is 1. The van der Waals surface area contributed by atoms with E-state index in [-0.39, 0.29) is 26.9 Å². The number of sulfone groups is 1. The summed E-state index contributed by atoms with van der Waals surface area (Å²) in [5.41, 5.74) is -0.0616. The Bertz CT molecular complexity index is 594. The summed E-state index contributed by atoms with van der Waals surface area (Å²) in [4.78, 5) is 12.0. The van der Waals surface area contributed by atoms with E-state index in [9.17, 15) is 13.2 Å². The topological polar surface area (TPSA) is 63.2 Å². The van der Waals surface area contributed by atoms with Gasteiger partial charge < -0.3 is 5.32 Å². The molecule has 0 aliphatic rings. The van der Waals surface area contributed by atoms with Crippen LogP contribution in [0, 0.1) is 0 Å². The molecule has 0 heterocycles. The predicted molar refractivity (Wildman–Crippen MR) is 76.4 cm³/mol. The zero-order valence-corrected chi connectivity index (χ0v) is 13.0. The summed E-state index contributed by atoms with van der Waals surface area (Å²) in [5.74, 6) is -0.312. The molecule has 0 aromatic heterocycles. The molecular formula is C13H18ClNO3S. The molecule has 106 valence electrons. The van der Waals surface area contributed by atoms with Crippen molar-refractivity contribution in [2.45, 2.75) is 37.6 Å². The van der Waals surface area contributed by atoms with Crippen molar-refractivity contribution in [1.82, 2.24) is 5.32 Å². The molecule has 1 aromatic rings. The summed E-state index contributed by atoms with van der Waals surface area (Å²) in [7, 11) is -3.45. The predicted octanol–water partition coefficient (Wildman–Crippen LogP) is 2.66. The molecule has 6 heteroatoms. The molecule has 1 amide bonds. The fourth-order valence-electron chi connectivity index (χ4n) is 1.40. The Morgan fingerprint density at radius 2 is 1.95 bits per heavy atom. The van der Waals surface area contributed by atoms with Gasteiger partial charge in [-0.3, -0.25) is 4.79 Å². The largest absolute Gasteiger partial charge is 0.347 e. The monoisotopic (exact) mass is 303 g/mol. The average molecular weight is 304 g/mol. The fourth-order valence-corrected chi connectivity index (χ4v) is 2.70. The Balaban J connectivity index is 3.14. The molecule has 1 rings (SSSR count). The highest BCUT2D eigenvalue weighted by Crippen LogP contribution is 2.23. The highest BCUT2D eigenvalue weighted by molar-refractivity contribution is 7.90. The Hall–Kier alpha value is -1.07. The van der Waals surface area contributed by atoms with E-state index in [1.807, 2.05) is 20.8 Å². The third kappa shape index (κ3) is 4.21. The van der Waals surface area contributed by atoms with Gasteiger partial charge in [0, 0.05) is 17.4 Å². The van der Waals surface area contributed by atoms with Gasteiger partial charge in [0.15, 0.2) is 9.84 Å². The van der Waals surface area contributed by atoms with Crippen LogP contribution in [0.5, 0.6) is 0 Å². The van der Waals surface area contributed by atoms with Crippen molar-refractivity contribution in [1.29, 1.82) is 0 Å². The first-order valence-corrected chi connectivity index (χ1v) is 8.16. The number of hydrogen-bond donors (Lipinski definition) is 1. The number of rotatable bonds is 4. The summed E-state index contributed by atoms with van der Waals surface area (Å²) < 4.78 is 23.1. The van der Waals surface area contributed by atoms with Crippen LogP contribution >= 0.6 is 11.6 Å². The number of nitrogens with one attached hydrogen (secondary N) is 1. The summed E-state index contributed by atoms with van der Waals surface area (Å²) in [5, 5.41) is 2.96. The van der Waals surface area contributed by atoms with E-state index in [0.29, 0.717) is 0 Å². The van der Waals surface area contributed by atoms with Crippen LogP contribution in [0.15, 0.2) is 23.1 Å². The second kappa shape index (κ2) is 5.51. The molecule has 1 aromatic carbocycles. The minimum atomic E-state index is -3.45. The zero-order chi connectivity index (χ0) is 14.8. The van der Waals surface area contributed by atoms with E-state index in [2.05, 4.69) is 5.32 Å². The van der Waals surface area contributed by atoms with Crippen molar-refractivity contribution in [3.63, 3.8) is 0 Å². The average Bonchev–Trinajstić information content (AvgIpc) is 2.27. The maximum atomic E-state index is 12.1. The highest BCUT2D eigenvalue weighted by Gasteiger charge is 2.21. The summed E-state index contributed by atoms with van der Waals surface area (Å²) in [6, 6.07) is 4.24. The summed E-state index contributed by atoms with van der Waals surface area (Å²) in [6.07, 6.45) is 1.83. The van der Waals surface area contributed by atoms with Gasteiger partial charge in [-0.1, -0.05) is 18.5 Å². The molecule has 0 atom stereocenters. The van der Waals surface area contributed by atoms with Crippen molar-refractivity contribution in [2.24, 2.45) is 0 Å².